The first-order chi connectivity index (χ1) is 11.9. The van der Waals surface area contributed by atoms with E-state index in [9.17, 15) is 13.2 Å². The average molecular weight is 451 g/mol. The van der Waals surface area contributed by atoms with E-state index in [1.807, 2.05) is 6.92 Å². The summed E-state index contributed by atoms with van der Waals surface area (Å²) in [7, 11) is 0. The number of azo groups is 1. The minimum Gasteiger partial charge on any atom is -0.394 e. The van der Waals surface area contributed by atoms with E-state index in [4.69, 9.17) is 51.2 Å². The average Bonchev–Trinajstić information content (AvgIpc) is 3.02. The number of hydrogen-bond donors (Lipinski definition) is 0. The molecule has 0 aliphatic heterocycles. The monoisotopic (exact) mass is 449 g/mol. The van der Waals surface area contributed by atoms with Crippen LogP contribution in [0.2, 0.25) is 10.0 Å². The van der Waals surface area contributed by atoms with E-state index >= 15 is 0 Å². The molecule has 0 N–H and O–H groups in total. The topological polar surface area (TPSA) is 46.3 Å². The van der Waals surface area contributed by atoms with Crippen molar-refractivity contribution < 1.29 is 18.0 Å². The summed E-state index contributed by atoms with van der Waals surface area (Å²) in [5, 5.41) is 11.1. The zero-order chi connectivity index (χ0) is 19.8. The first-order valence-electron chi connectivity index (χ1n) is 7.48. The normalized spacial score (nSPS) is 22.7. The molecule has 1 aliphatic rings. The first-order valence-corrected chi connectivity index (χ1v) is 9.00. The molecule has 1 aliphatic carbocycles. The Morgan fingerprint density at radius 2 is 1.77 bits per heavy atom. The van der Waals surface area contributed by atoms with Crippen molar-refractivity contribution in [3.05, 3.63) is 27.7 Å². The van der Waals surface area contributed by atoms with Crippen LogP contribution in [0.1, 0.15) is 32.3 Å². The largest absolute Gasteiger partial charge is 0.416 e. The number of benzene rings is 1. The smallest absolute Gasteiger partial charge is 0.394 e. The van der Waals surface area contributed by atoms with Crippen LogP contribution in [0.25, 0.3) is 0 Å². The Morgan fingerprint density at radius 1 is 1.23 bits per heavy atom. The van der Waals surface area contributed by atoms with E-state index in [0.29, 0.717) is 19.4 Å². The van der Waals surface area contributed by atoms with E-state index in [1.165, 1.54) is 0 Å². The fourth-order valence-electron chi connectivity index (χ4n) is 1.99. The van der Waals surface area contributed by atoms with Gasteiger partial charge in [0.15, 0.2) is 5.84 Å². The summed E-state index contributed by atoms with van der Waals surface area (Å²) in [5.41, 5.74) is -1.91. The van der Waals surface area contributed by atoms with Gasteiger partial charge < -0.3 is 4.84 Å². The summed E-state index contributed by atoms with van der Waals surface area (Å²) >= 11 is 24.0. The van der Waals surface area contributed by atoms with Gasteiger partial charge in [-0.15, -0.1) is 33.4 Å². The van der Waals surface area contributed by atoms with Gasteiger partial charge in [-0.3, -0.25) is 0 Å². The number of rotatable bonds is 5. The lowest BCUT2D eigenvalue weighted by Gasteiger charge is -2.11. The second kappa shape index (κ2) is 7.70. The maximum Gasteiger partial charge on any atom is 0.416 e. The van der Waals surface area contributed by atoms with Crippen LogP contribution in [-0.4, -0.2) is 16.8 Å². The number of oxime groups is 1. The molecule has 0 radical (unpaired) electrons. The highest BCUT2D eigenvalue weighted by Gasteiger charge is 2.67. The lowest BCUT2D eigenvalue weighted by Crippen LogP contribution is -2.16. The molecule has 0 spiro atoms. The lowest BCUT2D eigenvalue weighted by molar-refractivity contribution is -0.137. The molecule has 1 aromatic rings. The summed E-state index contributed by atoms with van der Waals surface area (Å²) in [4.78, 5) is 5.12. The molecular weight excluding hydrogens is 437 g/mol. The van der Waals surface area contributed by atoms with Gasteiger partial charge in [-0.25, -0.2) is 0 Å². The summed E-state index contributed by atoms with van der Waals surface area (Å²) in [6.45, 7) is 3.95. The second-order valence-electron chi connectivity index (χ2n) is 5.95. The van der Waals surface area contributed by atoms with Crippen LogP contribution < -0.4 is 0 Å². The van der Waals surface area contributed by atoms with E-state index in [-0.39, 0.29) is 21.6 Å². The summed E-state index contributed by atoms with van der Waals surface area (Å²) < 4.78 is 37.3. The molecule has 0 heterocycles. The molecule has 0 saturated heterocycles. The van der Waals surface area contributed by atoms with Crippen molar-refractivity contribution in [3.63, 3.8) is 0 Å². The Morgan fingerprint density at radius 3 is 2.19 bits per heavy atom. The fraction of sp³-hybridized carbons (Fsp3) is 0.533. The van der Waals surface area contributed by atoms with Gasteiger partial charge in [0.1, 0.15) is 16.6 Å². The van der Waals surface area contributed by atoms with Crippen LogP contribution in [0.3, 0.4) is 0 Å². The predicted octanol–water partition coefficient (Wildman–Crippen LogP) is 7.42. The van der Waals surface area contributed by atoms with Crippen molar-refractivity contribution in [1.82, 2.24) is 0 Å². The molecule has 1 fully saturated rings. The van der Waals surface area contributed by atoms with Gasteiger partial charge in [0.25, 0.3) is 0 Å². The van der Waals surface area contributed by atoms with Gasteiger partial charge in [0.2, 0.25) is 0 Å². The van der Waals surface area contributed by atoms with Crippen LogP contribution in [0.5, 0.6) is 0 Å². The standard InChI is InChI=1S/C15H14Cl4F3N3O/c1-3-4-26-25-12(13(2)7-14(13,18)19)24-23-11-9(16)5-8(6-10(11)17)15(20,21)22/h5-6H,3-4,7H2,1-2H3/b24-23+,25-12-. The van der Waals surface area contributed by atoms with Gasteiger partial charge in [0.05, 0.1) is 21.0 Å². The van der Waals surface area contributed by atoms with Gasteiger partial charge >= 0.3 is 6.18 Å². The van der Waals surface area contributed by atoms with Gasteiger partial charge in [-0.2, -0.15) is 13.2 Å². The molecule has 0 bridgehead atoms. The third-order valence-corrected chi connectivity index (χ3v) is 5.46. The Labute approximate surface area is 168 Å². The van der Waals surface area contributed by atoms with Crippen LogP contribution >= 0.6 is 46.4 Å². The van der Waals surface area contributed by atoms with Crippen molar-refractivity contribution in [2.24, 2.45) is 20.8 Å². The Hall–Kier alpha value is -0.760. The van der Waals surface area contributed by atoms with Crippen molar-refractivity contribution in [2.45, 2.75) is 37.2 Å². The number of alkyl halides is 5. The SMILES string of the molecule is CCCO/N=C(\N=N\c1c(Cl)cc(C(F)(F)F)cc1Cl)C1(C)CC1(Cl)Cl. The van der Waals surface area contributed by atoms with Gasteiger partial charge in [-0.05, 0) is 31.9 Å². The zero-order valence-electron chi connectivity index (χ0n) is 13.7. The summed E-state index contributed by atoms with van der Waals surface area (Å²) in [5.74, 6) is 0.1000. The van der Waals surface area contributed by atoms with Crippen molar-refractivity contribution >= 4 is 57.9 Å². The minimum absolute atomic E-state index is 0.1000. The van der Waals surface area contributed by atoms with Crippen molar-refractivity contribution in [2.75, 3.05) is 6.61 Å². The Bertz CT molecular complexity index is 729. The molecule has 4 nitrogen and oxygen atoms in total. The third kappa shape index (κ3) is 4.55. The van der Waals surface area contributed by atoms with Crippen LogP contribution in [-0.2, 0) is 11.0 Å². The lowest BCUT2D eigenvalue weighted by atomic mass is 10.1. The van der Waals surface area contributed by atoms with E-state index in [1.54, 1.807) is 6.92 Å². The molecule has 26 heavy (non-hydrogen) atoms. The molecule has 1 aromatic carbocycles. The summed E-state index contributed by atoms with van der Waals surface area (Å²) in [6, 6.07) is 1.44. The summed E-state index contributed by atoms with van der Waals surface area (Å²) in [6.07, 6.45) is -3.50. The van der Waals surface area contributed by atoms with Crippen LogP contribution in [0, 0.1) is 5.41 Å². The zero-order valence-corrected chi connectivity index (χ0v) is 16.7. The number of nitrogens with zero attached hydrogens (tertiary/aromatic N) is 3. The van der Waals surface area contributed by atoms with Crippen LogP contribution in [0.4, 0.5) is 18.9 Å². The third-order valence-electron chi connectivity index (χ3n) is 3.79. The minimum atomic E-state index is -4.58. The highest BCUT2D eigenvalue weighted by atomic mass is 35.5. The molecule has 2 rings (SSSR count). The molecule has 0 aromatic heterocycles. The molecule has 1 unspecified atom stereocenters. The predicted molar refractivity (Wildman–Crippen MR) is 96.8 cm³/mol. The second-order valence-corrected chi connectivity index (χ2v) is 8.25. The van der Waals surface area contributed by atoms with Crippen molar-refractivity contribution in [3.8, 4) is 0 Å². The highest BCUT2D eigenvalue weighted by molar-refractivity contribution is 6.53. The number of hydrogen-bond acceptors (Lipinski definition) is 3. The molecule has 11 heteroatoms. The molecule has 1 saturated carbocycles. The van der Waals surface area contributed by atoms with Crippen LogP contribution in [0.15, 0.2) is 27.5 Å². The molecule has 144 valence electrons. The molecular formula is C15H14Cl4F3N3O. The van der Waals surface area contributed by atoms with Gasteiger partial charge in [-0.1, -0.05) is 35.3 Å². The van der Waals surface area contributed by atoms with E-state index in [2.05, 4.69) is 15.4 Å². The van der Waals surface area contributed by atoms with Gasteiger partial charge in [0, 0.05) is 0 Å². The maximum atomic E-state index is 12.8. The quantitative estimate of drug-likeness (QED) is 0.115. The molecule has 0 amide bonds. The van der Waals surface area contributed by atoms with E-state index < -0.39 is 21.5 Å². The Kier molecular flexibility index (Phi) is 6.38. The Balaban J connectivity index is 2.35. The number of amidine groups is 1. The maximum absolute atomic E-state index is 12.8. The van der Waals surface area contributed by atoms with E-state index in [0.717, 1.165) is 12.1 Å². The van der Waals surface area contributed by atoms with Crippen molar-refractivity contribution in [1.29, 1.82) is 0 Å². The first kappa shape index (κ1) is 21.5. The molecule has 1 atom stereocenters. The number of halogens is 7. The highest BCUT2D eigenvalue weighted by Crippen LogP contribution is 2.64. The fourth-order valence-corrected chi connectivity index (χ4v) is 3.26.